The van der Waals surface area contributed by atoms with E-state index in [9.17, 15) is 13.2 Å². The second-order valence-corrected chi connectivity index (χ2v) is 4.22. The van der Waals surface area contributed by atoms with Crippen LogP contribution in [0, 0.1) is 0 Å². The average Bonchev–Trinajstić information content (AvgIpc) is 2.38. The molecule has 0 saturated carbocycles. The van der Waals surface area contributed by atoms with E-state index < -0.39 is 11.7 Å². The minimum absolute atomic E-state index is 0.144. The maximum Gasteiger partial charge on any atom is 0.417 e. The van der Waals surface area contributed by atoms with Gasteiger partial charge in [-0.15, -0.1) is 0 Å². The van der Waals surface area contributed by atoms with Crippen LogP contribution in [-0.4, -0.2) is 18.1 Å². The van der Waals surface area contributed by atoms with Gasteiger partial charge in [0, 0.05) is 18.5 Å². The molecular formula is C14H15F3N2. The molecule has 5 heteroatoms. The van der Waals surface area contributed by atoms with Crippen molar-refractivity contribution < 1.29 is 13.2 Å². The van der Waals surface area contributed by atoms with Gasteiger partial charge in [-0.3, -0.25) is 0 Å². The molecule has 0 radical (unpaired) electrons. The van der Waals surface area contributed by atoms with Gasteiger partial charge in [0.1, 0.15) is 5.82 Å². The zero-order chi connectivity index (χ0) is 14.0. The van der Waals surface area contributed by atoms with Gasteiger partial charge in [0.2, 0.25) is 0 Å². The highest BCUT2D eigenvalue weighted by atomic mass is 19.4. The number of alkyl halides is 3. The van der Waals surface area contributed by atoms with E-state index >= 15 is 0 Å². The molecule has 0 N–H and O–H groups in total. The van der Waals surface area contributed by atoms with Crippen LogP contribution in [0.5, 0.6) is 0 Å². The number of pyridine rings is 1. The number of para-hydroxylation sites is 1. The molecule has 0 unspecified atom stereocenters. The highest BCUT2D eigenvalue weighted by Gasteiger charge is 2.33. The summed E-state index contributed by atoms with van der Waals surface area (Å²) in [5, 5.41) is 0.144. The van der Waals surface area contributed by atoms with E-state index in [0.29, 0.717) is 24.4 Å². The number of hydrogen-bond acceptors (Lipinski definition) is 2. The number of rotatable bonds is 3. The van der Waals surface area contributed by atoms with Crippen molar-refractivity contribution >= 4 is 16.7 Å². The van der Waals surface area contributed by atoms with Gasteiger partial charge in [0.05, 0.1) is 11.1 Å². The van der Waals surface area contributed by atoms with Crippen LogP contribution in [0.15, 0.2) is 30.3 Å². The first kappa shape index (κ1) is 13.6. The van der Waals surface area contributed by atoms with E-state index in [-0.39, 0.29) is 5.39 Å². The molecule has 0 aliphatic carbocycles. The van der Waals surface area contributed by atoms with Gasteiger partial charge in [-0.1, -0.05) is 18.2 Å². The SMILES string of the molecule is CCN(CC)c1cc(C(F)(F)F)c2ccccc2n1. The quantitative estimate of drug-likeness (QED) is 0.833. The molecule has 1 heterocycles. The monoisotopic (exact) mass is 268 g/mol. The third-order valence-electron chi connectivity index (χ3n) is 3.10. The molecule has 1 aromatic heterocycles. The van der Waals surface area contributed by atoms with Gasteiger partial charge in [0.15, 0.2) is 0 Å². The summed E-state index contributed by atoms with van der Waals surface area (Å²) in [5.74, 6) is 0.371. The minimum Gasteiger partial charge on any atom is -0.357 e. The van der Waals surface area contributed by atoms with Crippen LogP contribution in [0.4, 0.5) is 19.0 Å². The molecule has 2 nitrogen and oxygen atoms in total. The molecule has 0 fully saturated rings. The second kappa shape index (κ2) is 5.07. The highest BCUT2D eigenvalue weighted by Crippen LogP contribution is 2.36. The van der Waals surface area contributed by atoms with Crippen LogP contribution < -0.4 is 4.90 Å². The van der Waals surface area contributed by atoms with Crippen LogP contribution >= 0.6 is 0 Å². The van der Waals surface area contributed by atoms with Crippen molar-refractivity contribution in [1.29, 1.82) is 0 Å². The van der Waals surface area contributed by atoms with Crippen LogP contribution in [0.1, 0.15) is 19.4 Å². The van der Waals surface area contributed by atoms with E-state index in [0.717, 1.165) is 6.07 Å². The summed E-state index contributed by atoms with van der Waals surface area (Å²) in [6, 6.07) is 7.49. The summed E-state index contributed by atoms with van der Waals surface area (Å²) >= 11 is 0. The largest absolute Gasteiger partial charge is 0.417 e. The van der Waals surface area contributed by atoms with Gasteiger partial charge >= 0.3 is 6.18 Å². The fraction of sp³-hybridized carbons (Fsp3) is 0.357. The lowest BCUT2D eigenvalue weighted by atomic mass is 10.1. The van der Waals surface area contributed by atoms with Gasteiger partial charge in [0.25, 0.3) is 0 Å². The third-order valence-corrected chi connectivity index (χ3v) is 3.10. The summed E-state index contributed by atoms with van der Waals surface area (Å²) in [6.07, 6.45) is -4.37. The number of hydrogen-bond donors (Lipinski definition) is 0. The Hall–Kier alpha value is -1.78. The molecule has 2 aromatic rings. The normalized spacial score (nSPS) is 11.8. The summed E-state index contributed by atoms with van der Waals surface area (Å²) in [7, 11) is 0. The van der Waals surface area contributed by atoms with Gasteiger partial charge in [-0.25, -0.2) is 4.98 Å². The first-order valence-electron chi connectivity index (χ1n) is 6.19. The first-order valence-corrected chi connectivity index (χ1v) is 6.19. The molecule has 1 aromatic carbocycles. The van der Waals surface area contributed by atoms with Crippen LogP contribution in [-0.2, 0) is 6.18 Å². The lowest BCUT2D eigenvalue weighted by Gasteiger charge is -2.22. The molecule has 0 aliphatic rings. The third kappa shape index (κ3) is 2.64. The van der Waals surface area contributed by atoms with Crippen LogP contribution in [0.2, 0.25) is 0 Å². The molecule has 2 rings (SSSR count). The smallest absolute Gasteiger partial charge is 0.357 e. The fourth-order valence-corrected chi connectivity index (χ4v) is 2.11. The lowest BCUT2D eigenvalue weighted by molar-refractivity contribution is -0.136. The van der Waals surface area contributed by atoms with Crippen molar-refractivity contribution in [3.8, 4) is 0 Å². The molecule has 0 saturated heterocycles. The van der Waals surface area contributed by atoms with Gasteiger partial charge in [-0.2, -0.15) is 13.2 Å². The van der Waals surface area contributed by atoms with Crippen molar-refractivity contribution in [2.45, 2.75) is 20.0 Å². The Balaban J connectivity index is 2.70. The molecular weight excluding hydrogens is 253 g/mol. The number of anilines is 1. The minimum atomic E-state index is -4.37. The lowest BCUT2D eigenvalue weighted by Crippen LogP contribution is -2.23. The van der Waals surface area contributed by atoms with Crippen molar-refractivity contribution in [1.82, 2.24) is 4.98 Å². The predicted octanol–water partition coefficient (Wildman–Crippen LogP) is 4.10. The van der Waals surface area contributed by atoms with Crippen molar-refractivity contribution in [3.63, 3.8) is 0 Å². The second-order valence-electron chi connectivity index (χ2n) is 4.22. The Kier molecular flexibility index (Phi) is 3.64. The van der Waals surface area contributed by atoms with Crippen LogP contribution in [0.25, 0.3) is 10.9 Å². The summed E-state index contributed by atoms with van der Waals surface area (Å²) in [5.41, 5.74) is -0.251. The Morgan fingerprint density at radius 1 is 1.11 bits per heavy atom. The molecule has 0 spiro atoms. The summed E-state index contributed by atoms with van der Waals surface area (Å²) in [6.45, 7) is 5.04. The standard InChI is InChI=1S/C14H15F3N2/c1-3-19(4-2)13-9-11(14(15,16)17)10-7-5-6-8-12(10)18-13/h5-9H,3-4H2,1-2H3. The summed E-state index contributed by atoms with van der Waals surface area (Å²) < 4.78 is 39.4. The maximum atomic E-state index is 13.1. The van der Waals surface area contributed by atoms with E-state index in [1.54, 1.807) is 18.2 Å². The number of benzene rings is 1. The Labute approximate surface area is 109 Å². The molecule has 0 atom stereocenters. The summed E-state index contributed by atoms with van der Waals surface area (Å²) in [4.78, 5) is 6.12. The number of aromatic nitrogens is 1. The molecule has 0 amide bonds. The van der Waals surface area contributed by atoms with Gasteiger partial charge in [-0.05, 0) is 26.0 Å². The maximum absolute atomic E-state index is 13.1. The Bertz CT molecular complexity index is 574. The predicted molar refractivity (Wildman–Crippen MR) is 70.3 cm³/mol. The van der Waals surface area contributed by atoms with Crippen molar-refractivity contribution in [2.24, 2.45) is 0 Å². The molecule has 19 heavy (non-hydrogen) atoms. The van der Waals surface area contributed by atoms with Crippen molar-refractivity contribution in [2.75, 3.05) is 18.0 Å². The highest BCUT2D eigenvalue weighted by molar-refractivity contribution is 5.84. The van der Waals surface area contributed by atoms with E-state index in [4.69, 9.17) is 0 Å². The first-order chi connectivity index (χ1) is 8.97. The van der Waals surface area contributed by atoms with E-state index in [1.807, 2.05) is 18.7 Å². The van der Waals surface area contributed by atoms with Gasteiger partial charge < -0.3 is 4.90 Å². The van der Waals surface area contributed by atoms with E-state index in [1.165, 1.54) is 6.07 Å². The molecule has 102 valence electrons. The zero-order valence-electron chi connectivity index (χ0n) is 10.8. The Morgan fingerprint density at radius 3 is 2.32 bits per heavy atom. The average molecular weight is 268 g/mol. The van der Waals surface area contributed by atoms with E-state index in [2.05, 4.69) is 4.98 Å². The Morgan fingerprint density at radius 2 is 1.74 bits per heavy atom. The topological polar surface area (TPSA) is 16.1 Å². The van der Waals surface area contributed by atoms with Crippen molar-refractivity contribution in [3.05, 3.63) is 35.9 Å². The molecule has 0 bridgehead atoms. The number of fused-ring (bicyclic) bond motifs is 1. The molecule has 0 aliphatic heterocycles. The zero-order valence-corrected chi connectivity index (χ0v) is 10.8. The number of nitrogens with zero attached hydrogens (tertiary/aromatic N) is 2. The van der Waals surface area contributed by atoms with Crippen LogP contribution in [0.3, 0.4) is 0 Å². The number of halogens is 3. The fourth-order valence-electron chi connectivity index (χ4n) is 2.11.